The Hall–Kier alpha value is -2.53. The van der Waals surface area contributed by atoms with E-state index >= 15 is 0 Å². The van der Waals surface area contributed by atoms with Crippen LogP contribution in [-0.2, 0) is 22.5 Å². The summed E-state index contributed by atoms with van der Waals surface area (Å²) < 4.78 is 12.2. The number of carbonyl (C=O) groups is 1. The van der Waals surface area contributed by atoms with Crippen molar-refractivity contribution in [2.24, 2.45) is 0 Å². The number of carbonyl (C=O) groups excluding carboxylic acids is 1. The minimum Gasteiger partial charge on any atom is -0.489 e. The fourth-order valence-corrected chi connectivity index (χ4v) is 4.88. The van der Waals surface area contributed by atoms with E-state index in [4.69, 9.17) is 21.4 Å². The van der Waals surface area contributed by atoms with E-state index in [0.717, 1.165) is 40.5 Å². The molecule has 11 heteroatoms. The molecule has 9 nitrogen and oxygen atoms in total. The van der Waals surface area contributed by atoms with Gasteiger partial charge in [-0.15, -0.1) is 10.2 Å². The SMILES string of the molecule is Cc1c2c(nn1-c1nnc(-c3ccc(OC(C)C)c(Cl)c3)s1)CCN(C[C@@H](O)COC=O)C2. The smallest absolute Gasteiger partial charge is 0.293 e. The highest BCUT2D eigenvalue weighted by Crippen LogP contribution is 2.34. The molecule has 2 aromatic heterocycles. The van der Waals surface area contributed by atoms with Gasteiger partial charge in [-0.1, -0.05) is 22.9 Å². The van der Waals surface area contributed by atoms with E-state index in [-0.39, 0.29) is 12.7 Å². The van der Waals surface area contributed by atoms with Crippen molar-refractivity contribution in [3.8, 4) is 21.5 Å². The second kappa shape index (κ2) is 10.2. The molecule has 0 saturated carbocycles. The molecule has 1 aliphatic heterocycles. The van der Waals surface area contributed by atoms with Crippen molar-refractivity contribution in [2.75, 3.05) is 19.7 Å². The van der Waals surface area contributed by atoms with Gasteiger partial charge in [0, 0.05) is 42.9 Å². The molecule has 33 heavy (non-hydrogen) atoms. The summed E-state index contributed by atoms with van der Waals surface area (Å²) in [5.41, 5.74) is 4.01. The van der Waals surface area contributed by atoms with Crippen molar-refractivity contribution in [3.05, 3.63) is 40.2 Å². The molecular weight excluding hydrogens is 466 g/mol. The van der Waals surface area contributed by atoms with Crippen molar-refractivity contribution in [2.45, 2.75) is 45.9 Å². The van der Waals surface area contributed by atoms with Crippen LogP contribution in [0, 0.1) is 6.92 Å². The molecule has 0 saturated heterocycles. The third kappa shape index (κ3) is 5.35. The Morgan fingerprint density at radius 1 is 1.33 bits per heavy atom. The highest BCUT2D eigenvalue weighted by molar-refractivity contribution is 7.17. The fourth-order valence-electron chi connectivity index (χ4n) is 3.81. The average molecular weight is 492 g/mol. The van der Waals surface area contributed by atoms with Crippen molar-refractivity contribution in [1.82, 2.24) is 24.9 Å². The Bertz CT molecular complexity index is 1130. The number of hydrogen-bond donors (Lipinski definition) is 1. The van der Waals surface area contributed by atoms with Gasteiger partial charge in [0.1, 0.15) is 23.5 Å². The summed E-state index contributed by atoms with van der Waals surface area (Å²) in [6, 6.07) is 5.61. The second-order valence-electron chi connectivity index (χ2n) is 8.19. The zero-order valence-electron chi connectivity index (χ0n) is 18.7. The quantitative estimate of drug-likeness (QED) is 0.456. The number of nitrogens with zero attached hydrogens (tertiary/aromatic N) is 5. The number of halogens is 1. The predicted molar refractivity (Wildman–Crippen MR) is 125 cm³/mol. The first-order valence-electron chi connectivity index (χ1n) is 10.7. The first-order chi connectivity index (χ1) is 15.9. The summed E-state index contributed by atoms with van der Waals surface area (Å²) in [7, 11) is 0. The molecule has 0 bridgehead atoms. The average Bonchev–Trinajstić information content (AvgIpc) is 3.38. The Morgan fingerprint density at radius 2 is 2.15 bits per heavy atom. The molecule has 4 rings (SSSR count). The van der Waals surface area contributed by atoms with Crippen LogP contribution < -0.4 is 4.74 Å². The number of β-amino-alcohol motifs (C(OH)–C–C–N with tert-alkyl or cyclic N) is 1. The van der Waals surface area contributed by atoms with Crippen LogP contribution in [0.1, 0.15) is 30.8 Å². The van der Waals surface area contributed by atoms with E-state index in [2.05, 4.69) is 19.8 Å². The van der Waals surface area contributed by atoms with Gasteiger partial charge >= 0.3 is 0 Å². The lowest BCUT2D eigenvalue weighted by Gasteiger charge is -2.28. The van der Waals surface area contributed by atoms with E-state index in [0.29, 0.717) is 35.5 Å². The molecule has 0 radical (unpaired) electrons. The van der Waals surface area contributed by atoms with Gasteiger partial charge in [0.2, 0.25) is 5.13 Å². The highest BCUT2D eigenvalue weighted by atomic mass is 35.5. The lowest BCUT2D eigenvalue weighted by molar-refractivity contribution is -0.131. The van der Waals surface area contributed by atoms with Crippen LogP contribution in [0.3, 0.4) is 0 Å². The third-order valence-corrected chi connectivity index (χ3v) is 6.58. The molecule has 1 atom stereocenters. The highest BCUT2D eigenvalue weighted by Gasteiger charge is 2.26. The van der Waals surface area contributed by atoms with Gasteiger partial charge < -0.3 is 14.6 Å². The summed E-state index contributed by atoms with van der Waals surface area (Å²) in [6.45, 7) is 8.13. The van der Waals surface area contributed by atoms with Crippen LogP contribution in [0.2, 0.25) is 5.02 Å². The number of aliphatic hydroxyl groups is 1. The lowest BCUT2D eigenvalue weighted by atomic mass is 10.1. The van der Waals surface area contributed by atoms with Crippen molar-refractivity contribution in [1.29, 1.82) is 0 Å². The third-order valence-electron chi connectivity index (χ3n) is 5.33. The largest absolute Gasteiger partial charge is 0.489 e. The van der Waals surface area contributed by atoms with Gasteiger partial charge in [0.15, 0.2) is 0 Å². The normalized spacial score (nSPS) is 14.8. The van der Waals surface area contributed by atoms with Crippen LogP contribution in [0.15, 0.2) is 18.2 Å². The molecule has 3 aromatic rings. The topological polar surface area (TPSA) is 103 Å². The Labute approximate surface area is 200 Å². The van der Waals surface area contributed by atoms with Crippen molar-refractivity contribution < 1.29 is 19.4 Å². The number of fused-ring (bicyclic) bond motifs is 1. The minimum absolute atomic E-state index is 0.00669. The van der Waals surface area contributed by atoms with E-state index < -0.39 is 6.10 Å². The molecule has 1 aromatic carbocycles. The molecule has 1 aliphatic rings. The number of ether oxygens (including phenoxy) is 2. The lowest BCUT2D eigenvalue weighted by Crippen LogP contribution is -2.38. The Balaban J connectivity index is 1.51. The molecule has 176 valence electrons. The minimum atomic E-state index is -0.720. The summed E-state index contributed by atoms with van der Waals surface area (Å²) >= 11 is 7.83. The van der Waals surface area contributed by atoms with Crippen LogP contribution in [0.4, 0.5) is 0 Å². The standard InChI is InChI=1S/C22H26ClN5O4S/c1-13(2)32-20-5-4-15(8-18(20)23)21-24-25-22(33-21)28-14(3)17-10-27(7-6-19(17)26-28)9-16(30)11-31-12-29/h4-5,8,12-13,16,30H,6-7,9-11H2,1-3H3/t16-/m1/s1. The summed E-state index contributed by atoms with van der Waals surface area (Å²) in [5.74, 6) is 0.642. The van der Waals surface area contributed by atoms with Gasteiger partial charge in [-0.2, -0.15) is 5.10 Å². The van der Waals surface area contributed by atoms with Gasteiger partial charge in [0.25, 0.3) is 6.47 Å². The fraction of sp³-hybridized carbons (Fsp3) is 0.455. The van der Waals surface area contributed by atoms with Crippen LogP contribution >= 0.6 is 22.9 Å². The molecule has 0 spiro atoms. The first-order valence-corrected chi connectivity index (χ1v) is 11.9. The van der Waals surface area contributed by atoms with Crippen molar-refractivity contribution >= 4 is 29.4 Å². The maximum absolute atomic E-state index is 10.3. The van der Waals surface area contributed by atoms with E-state index in [1.54, 1.807) is 0 Å². The van der Waals surface area contributed by atoms with E-state index in [1.165, 1.54) is 11.3 Å². The molecule has 1 N–H and O–H groups in total. The second-order valence-corrected chi connectivity index (χ2v) is 9.56. The van der Waals surface area contributed by atoms with Crippen LogP contribution in [0.5, 0.6) is 5.75 Å². The van der Waals surface area contributed by atoms with Gasteiger partial charge in [-0.05, 0) is 39.0 Å². The number of rotatable bonds is 9. The molecular formula is C22H26ClN5O4S. The Morgan fingerprint density at radius 3 is 2.88 bits per heavy atom. The Kier molecular flexibility index (Phi) is 7.28. The summed E-state index contributed by atoms with van der Waals surface area (Å²) in [4.78, 5) is 12.5. The van der Waals surface area contributed by atoms with Crippen LogP contribution in [-0.4, -0.2) is 68.4 Å². The van der Waals surface area contributed by atoms with Gasteiger partial charge in [0.05, 0.1) is 16.8 Å². The summed E-state index contributed by atoms with van der Waals surface area (Å²) in [5, 5.41) is 25.5. The molecule has 0 unspecified atom stereocenters. The van der Waals surface area contributed by atoms with Crippen molar-refractivity contribution in [3.63, 3.8) is 0 Å². The maximum Gasteiger partial charge on any atom is 0.293 e. The zero-order chi connectivity index (χ0) is 23.5. The van der Waals surface area contributed by atoms with Gasteiger partial charge in [-0.3, -0.25) is 9.69 Å². The number of hydrogen-bond acceptors (Lipinski definition) is 9. The molecule has 3 heterocycles. The number of benzene rings is 1. The van der Waals surface area contributed by atoms with Crippen LogP contribution in [0.25, 0.3) is 15.7 Å². The molecule has 0 amide bonds. The predicted octanol–water partition coefficient (Wildman–Crippen LogP) is 3.03. The maximum atomic E-state index is 10.3. The van der Waals surface area contributed by atoms with E-state index in [9.17, 15) is 9.90 Å². The van der Waals surface area contributed by atoms with E-state index in [1.807, 2.05) is 43.7 Å². The zero-order valence-corrected chi connectivity index (χ0v) is 20.3. The van der Waals surface area contributed by atoms with Gasteiger partial charge in [-0.25, -0.2) is 4.68 Å². The molecule has 0 fully saturated rings. The summed E-state index contributed by atoms with van der Waals surface area (Å²) in [6.07, 6.45) is 0.0874. The number of aromatic nitrogens is 4. The number of aliphatic hydroxyl groups excluding tert-OH is 1. The molecule has 0 aliphatic carbocycles. The first kappa shape index (κ1) is 23.6. The monoisotopic (exact) mass is 491 g/mol.